The fourth-order valence-corrected chi connectivity index (χ4v) is 4.05. The predicted octanol–water partition coefficient (Wildman–Crippen LogP) is 7.12. The molecule has 4 rings (SSSR count). The fraction of sp³-hybridized carbons (Fsp3) is 0.143. The minimum Gasteiger partial charge on any atom is -0.376 e. The van der Waals surface area contributed by atoms with Gasteiger partial charge in [-0.05, 0) is 76.2 Å². The number of aliphatic hydroxyl groups is 1. The molecule has 0 aromatic heterocycles. The minimum absolute atomic E-state index is 0.732. The smallest absolute Gasteiger partial charge is 0.140 e. The minimum atomic E-state index is -0.804. The summed E-state index contributed by atoms with van der Waals surface area (Å²) in [7, 11) is 0. The molecule has 0 bridgehead atoms. The fourth-order valence-electron chi connectivity index (χ4n) is 3.93. The number of aryl methyl sites for hydroxylation is 1. The van der Waals surface area contributed by atoms with Gasteiger partial charge in [-0.15, -0.1) is 0 Å². The zero-order chi connectivity index (χ0) is 21.1. The maximum atomic E-state index is 10.4. The van der Waals surface area contributed by atoms with Gasteiger partial charge >= 0.3 is 0 Å². The first kappa shape index (κ1) is 20.2. The molecule has 0 spiro atoms. The summed E-state index contributed by atoms with van der Waals surface area (Å²) in [6.07, 6.45) is 0.143. The molecule has 0 saturated heterocycles. The average Bonchev–Trinajstić information content (AvgIpc) is 2.78. The summed E-state index contributed by atoms with van der Waals surface area (Å²) >= 11 is 6.13. The van der Waals surface area contributed by atoms with Crippen LogP contribution in [0, 0.1) is 18.8 Å². The van der Waals surface area contributed by atoms with Gasteiger partial charge in [-0.25, -0.2) is 0 Å². The Balaban J connectivity index is 1.84. The Kier molecular flexibility index (Phi) is 5.91. The van der Waals surface area contributed by atoms with Crippen LogP contribution in [0.2, 0.25) is 5.02 Å². The normalized spacial score (nSPS) is 11.7. The highest BCUT2D eigenvalue weighted by Gasteiger charge is 2.13. The van der Waals surface area contributed by atoms with Crippen LogP contribution in [-0.4, -0.2) is 5.11 Å². The van der Waals surface area contributed by atoms with Crippen LogP contribution in [0.15, 0.2) is 78.9 Å². The third-order valence-corrected chi connectivity index (χ3v) is 5.68. The molecule has 0 saturated carbocycles. The molecule has 30 heavy (non-hydrogen) atoms. The molecule has 0 heterocycles. The van der Waals surface area contributed by atoms with Gasteiger partial charge in [0.05, 0.1) is 0 Å². The number of aliphatic hydroxyl groups excluding tert-OH is 1. The molecule has 1 N–H and O–H groups in total. The van der Waals surface area contributed by atoms with Gasteiger partial charge in [0.25, 0.3) is 0 Å². The molecule has 4 aromatic carbocycles. The summed E-state index contributed by atoms with van der Waals surface area (Å²) in [6.45, 7) is 4.36. The molecule has 0 amide bonds. The first-order valence-electron chi connectivity index (χ1n) is 10.1. The first-order chi connectivity index (χ1) is 14.6. The van der Waals surface area contributed by atoms with Gasteiger partial charge in [0, 0.05) is 10.6 Å². The van der Waals surface area contributed by atoms with E-state index >= 15 is 0 Å². The summed E-state index contributed by atoms with van der Waals surface area (Å²) in [4.78, 5) is 0. The van der Waals surface area contributed by atoms with Crippen LogP contribution in [0.5, 0.6) is 0 Å². The van der Waals surface area contributed by atoms with Crippen LogP contribution < -0.4 is 0 Å². The molecule has 1 nitrogen and oxygen atoms in total. The lowest BCUT2D eigenvalue weighted by atomic mass is 9.88. The lowest BCUT2D eigenvalue weighted by molar-refractivity contribution is 0.238. The third-order valence-electron chi connectivity index (χ3n) is 5.43. The lowest BCUT2D eigenvalue weighted by Crippen LogP contribution is -1.95. The maximum Gasteiger partial charge on any atom is 0.140 e. The van der Waals surface area contributed by atoms with Gasteiger partial charge < -0.3 is 5.11 Å². The van der Waals surface area contributed by atoms with Crippen LogP contribution >= 0.6 is 11.6 Å². The molecule has 1 atom stereocenters. The second kappa shape index (κ2) is 8.76. The summed E-state index contributed by atoms with van der Waals surface area (Å²) in [5.41, 5.74) is 6.69. The van der Waals surface area contributed by atoms with Crippen molar-refractivity contribution in [3.8, 4) is 23.0 Å². The van der Waals surface area contributed by atoms with E-state index in [1.54, 1.807) is 0 Å². The number of rotatable bonds is 3. The number of hydrogen-bond donors (Lipinski definition) is 1. The van der Waals surface area contributed by atoms with Crippen LogP contribution in [-0.2, 0) is 6.42 Å². The Morgan fingerprint density at radius 1 is 0.933 bits per heavy atom. The molecule has 0 radical (unpaired) electrons. The molecule has 0 aliphatic rings. The van der Waals surface area contributed by atoms with E-state index in [4.69, 9.17) is 11.6 Å². The van der Waals surface area contributed by atoms with Crippen molar-refractivity contribution in [1.82, 2.24) is 0 Å². The van der Waals surface area contributed by atoms with Crippen molar-refractivity contribution in [2.24, 2.45) is 0 Å². The standard InChI is InChI=1S/C28H23ClO/c1-3-25-19(2)17-23-11-9-20(10-16-27(30)21-7-5-4-6-8-21)18-26(23)28(25)22-12-14-24(29)15-13-22/h4-9,11-15,17-18,27,30H,3H2,1-2H3. The van der Waals surface area contributed by atoms with Crippen molar-refractivity contribution in [3.63, 3.8) is 0 Å². The lowest BCUT2D eigenvalue weighted by Gasteiger charge is -2.16. The SMILES string of the molecule is CCc1c(C)cc2ccc(C#CC(O)c3ccccc3)cc2c1-c1ccc(Cl)cc1. The highest BCUT2D eigenvalue weighted by atomic mass is 35.5. The highest BCUT2D eigenvalue weighted by Crippen LogP contribution is 2.36. The number of hydrogen-bond acceptors (Lipinski definition) is 1. The van der Waals surface area contributed by atoms with Crippen molar-refractivity contribution in [2.45, 2.75) is 26.4 Å². The molecule has 4 aromatic rings. The Hall–Kier alpha value is -3.05. The van der Waals surface area contributed by atoms with Gasteiger partial charge in [0.2, 0.25) is 0 Å². The zero-order valence-corrected chi connectivity index (χ0v) is 17.9. The molecular formula is C28H23ClO. The maximum absolute atomic E-state index is 10.4. The van der Waals surface area contributed by atoms with E-state index in [1.165, 1.54) is 27.5 Å². The Morgan fingerprint density at radius 2 is 1.67 bits per heavy atom. The third kappa shape index (κ3) is 4.12. The van der Waals surface area contributed by atoms with Crippen molar-refractivity contribution in [1.29, 1.82) is 0 Å². The number of benzene rings is 4. The molecule has 0 aliphatic heterocycles. The summed E-state index contributed by atoms with van der Waals surface area (Å²) in [5.74, 6) is 6.13. The second-order valence-corrected chi connectivity index (χ2v) is 7.86. The van der Waals surface area contributed by atoms with Gasteiger partial charge in [0.15, 0.2) is 0 Å². The van der Waals surface area contributed by atoms with Gasteiger partial charge in [-0.3, -0.25) is 0 Å². The molecular weight excluding hydrogens is 388 g/mol. The van der Waals surface area contributed by atoms with Crippen molar-refractivity contribution in [3.05, 3.63) is 106 Å². The highest BCUT2D eigenvalue weighted by molar-refractivity contribution is 6.30. The Labute approximate surface area is 183 Å². The first-order valence-corrected chi connectivity index (χ1v) is 10.5. The summed E-state index contributed by atoms with van der Waals surface area (Å²) in [5, 5.41) is 13.5. The van der Waals surface area contributed by atoms with Crippen molar-refractivity contribution in [2.75, 3.05) is 0 Å². The van der Waals surface area contributed by atoms with Crippen LogP contribution in [0.1, 0.15) is 35.3 Å². The summed E-state index contributed by atoms with van der Waals surface area (Å²) < 4.78 is 0. The Morgan fingerprint density at radius 3 is 2.37 bits per heavy atom. The second-order valence-electron chi connectivity index (χ2n) is 7.43. The van der Waals surface area contributed by atoms with Crippen LogP contribution in [0.25, 0.3) is 21.9 Å². The average molecular weight is 411 g/mol. The van der Waals surface area contributed by atoms with Crippen molar-refractivity contribution >= 4 is 22.4 Å². The van der Waals surface area contributed by atoms with Gasteiger partial charge in [-0.1, -0.05) is 85.0 Å². The van der Waals surface area contributed by atoms with E-state index in [-0.39, 0.29) is 0 Å². The van der Waals surface area contributed by atoms with Crippen LogP contribution in [0.4, 0.5) is 0 Å². The molecule has 0 fully saturated rings. The van der Waals surface area contributed by atoms with E-state index < -0.39 is 6.10 Å². The topological polar surface area (TPSA) is 20.2 Å². The van der Waals surface area contributed by atoms with E-state index in [2.05, 4.69) is 56.0 Å². The van der Waals surface area contributed by atoms with E-state index in [0.717, 1.165) is 28.1 Å². The Bertz CT molecular complexity index is 1250. The van der Waals surface area contributed by atoms with E-state index in [0.29, 0.717) is 0 Å². The van der Waals surface area contributed by atoms with E-state index in [9.17, 15) is 5.11 Å². The molecule has 148 valence electrons. The zero-order valence-electron chi connectivity index (χ0n) is 17.1. The molecule has 1 unspecified atom stereocenters. The molecule has 2 heteroatoms. The predicted molar refractivity (Wildman–Crippen MR) is 127 cm³/mol. The number of halogens is 1. The number of fused-ring (bicyclic) bond motifs is 1. The van der Waals surface area contributed by atoms with Gasteiger partial charge in [0.1, 0.15) is 6.10 Å². The van der Waals surface area contributed by atoms with Crippen molar-refractivity contribution < 1.29 is 5.11 Å². The van der Waals surface area contributed by atoms with E-state index in [1.807, 2.05) is 48.5 Å². The molecule has 0 aliphatic carbocycles. The van der Waals surface area contributed by atoms with Crippen LogP contribution in [0.3, 0.4) is 0 Å². The largest absolute Gasteiger partial charge is 0.376 e. The van der Waals surface area contributed by atoms with Gasteiger partial charge in [-0.2, -0.15) is 0 Å². The monoisotopic (exact) mass is 410 g/mol. The summed E-state index contributed by atoms with van der Waals surface area (Å²) in [6, 6.07) is 26.0. The quantitative estimate of drug-likeness (QED) is 0.356.